The lowest BCUT2D eigenvalue weighted by Crippen LogP contribution is -2.14. The summed E-state index contributed by atoms with van der Waals surface area (Å²) in [6.45, 7) is 6.55. The normalized spacial score (nSPS) is 13.1. The fourth-order valence-electron chi connectivity index (χ4n) is 0.693. The Morgan fingerprint density at radius 3 is 2.50 bits per heavy atom. The molecule has 0 spiro atoms. The summed E-state index contributed by atoms with van der Waals surface area (Å²) in [6, 6.07) is 0. The number of carbonyl (C=O) groups is 1. The molecule has 72 valence electrons. The van der Waals surface area contributed by atoms with Crippen molar-refractivity contribution in [2.24, 2.45) is 5.92 Å². The summed E-state index contributed by atoms with van der Waals surface area (Å²) in [5, 5.41) is 0. The van der Waals surface area contributed by atoms with Gasteiger partial charge < -0.3 is 4.74 Å². The number of halogens is 1. The van der Waals surface area contributed by atoms with Crippen LogP contribution >= 0.6 is 15.9 Å². The Labute approximate surface area is 82.8 Å². The molecule has 0 aliphatic carbocycles. The monoisotopic (exact) mass is 236 g/mol. The highest BCUT2D eigenvalue weighted by Crippen LogP contribution is 2.06. The molecule has 2 nitrogen and oxygen atoms in total. The highest BCUT2D eigenvalue weighted by Gasteiger charge is 2.08. The maximum absolute atomic E-state index is 11.0. The van der Waals surface area contributed by atoms with E-state index in [1.54, 1.807) is 0 Å². The smallest absolute Gasteiger partial charge is 0.306 e. The van der Waals surface area contributed by atoms with Gasteiger partial charge >= 0.3 is 5.97 Å². The molecule has 0 amide bonds. The maximum Gasteiger partial charge on any atom is 0.306 e. The van der Waals surface area contributed by atoms with Gasteiger partial charge in [-0.3, -0.25) is 4.79 Å². The number of hydrogen-bond acceptors (Lipinski definition) is 2. The van der Waals surface area contributed by atoms with Crippen LogP contribution in [0.5, 0.6) is 0 Å². The van der Waals surface area contributed by atoms with Gasteiger partial charge in [0.15, 0.2) is 0 Å². The number of alkyl halides is 1. The molecule has 0 bridgehead atoms. The summed E-state index contributed by atoms with van der Waals surface area (Å²) >= 11 is 3.39. The Bertz CT molecular complexity index is 134. The zero-order valence-corrected chi connectivity index (χ0v) is 9.56. The Morgan fingerprint density at radius 1 is 1.50 bits per heavy atom. The van der Waals surface area contributed by atoms with Gasteiger partial charge in [-0.2, -0.15) is 0 Å². The van der Waals surface area contributed by atoms with Crippen LogP contribution < -0.4 is 0 Å². The Balaban J connectivity index is 3.44. The van der Waals surface area contributed by atoms with Crippen LogP contribution in [0, 0.1) is 5.92 Å². The van der Waals surface area contributed by atoms with E-state index in [4.69, 9.17) is 4.74 Å². The molecule has 0 aromatic rings. The lowest BCUT2D eigenvalue weighted by atomic mass is 10.1. The third-order valence-electron chi connectivity index (χ3n) is 1.44. The Kier molecular flexibility index (Phi) is 6.44. The van der Waals surface area contributed by atoms with Gasteiger partial charge in [-0.05, 0) is 12.3 Å². The van der Waals surface area contributed by atoms with Crippen LogP contribution in [0.3, 0.4) is 0 Å². The molecule has 12 heavy (non-hydrogen) atoms. The third-order valence-corrected chi connectivity index (χ3v) is 2.35. The second-order valence-corrected chi connectivity index (χ2v) is 4.58. The number of rotatable bonds is 5. The van der Waals surface area contributed by atoms with Gasteiger partial charge in [0.25, 0.3) is 0 Å². The first-order valence-electron chi connectivity index (χ1n) is 4.36. The maximum atomic E-state index is 11.0. The van der Waals surface area contributed by atoms with E-state index >= 15 is 0 Å². The van der Waals surface area contributed by atoms with Crippen LogP contribution in [0.2, 0.25) is 0 Å². The van der Waals surface area contributed by atoms with Crippen molar-refractivity contribution in [3.05, 3.63) is 0 Å². The first-order chi connectivity index (χ1) is 5.56. The topological polar surface area (TPSA) is 26.3 Å². The van der Waals surface area contributed by atoms with Crippen molar-refractivity contribution in [1.29, 1.82) is 0 Å². The quantitative estimate of drug-likeness (QED) is 0.542. The second kappa shape index (κ2) is 6.46. The van der Waals surface area contributed by atoms with E-state index in [9.17, 15) is 4.79 Å². The van der Waals surface area contributed by atoms with Gasteiger partial charge in [0.2, 0.25) is 0 Å². The first-order valence-corrected chi connectivity index (χ1v) is 5.27. The van der Waals surface area contributed by atoms with E-state index in [-0.39, 0.29) is 5.97 Å². The van der Waals surface area contributed by atoms with E-state index in [0.29, 0.717) is 23.8 Å². The average molecular weight is 237 g/mol. The molecular formula is C9H17BrO2. The third kappa shape index (κ3) is 6.65. The van der Waals surface area contributed by atoms with E-state index in [1.165, 1.54) is 0 Å². The second-order valence-electron chi connectivity index (χ2n) is 3.29. The highest BCUT2D eigenvalue weighted by atomic mass is 79.9. The molecular weight excluding hydrogens is 220 g/mol. The van der Waals surface area contributed by atoms with Gasteiger partial charge in [-0.1, -0.05) is 36.7 Å². The van der Waals surface area contributed by atoms with E-state index in [1.807, 2.05) is 13.8 Å². The van der Waals surface area contributed by atoms with E-state index in [0.717, 1.165) is 6.42 Å². The van der Waals surface area contributed by atoms with Crippen molar-refractivity contribution in [2.45, 2.75) is 38.4 Å². The minimum atomic E-state index is -0.0945. The molecule has 0 fully saturated rings. The van der Waals surface area contributed by atoms with Crippen LogP contribution in [-0.4, -0.2) is 17.4 Å². The SMILES string of the molecule is CCC(Br)COC(=O)CC(C)C. The van der Waals surface area contributed by atoms with Crippen LogP contribution in [0.25, 0.3) is 0 Å². The summed E-state index contributed by atoms with van der Waals surface area (Å²) in [4.78, 5) is 11.3. The zero-order chi connectivity index (χ0) is 9.56. The molecule has 1 unspecified atom stereocenters. The first kappa shape index (κ1) is 11.9. The predicted octanol–water partition coefficient (Wildman–Crippen LogP) is 2.75. The summed E-state index contributed by atoms with van der Waals surface area (Å²) in [6.07, 6.45) is 1.50. The molecule has 0 heterocycles. The molecule has 0 aliphatic heterocycles. The van der Waals surface area contributed by atoms with Crippen LogP contribution in [0.4, 0.5) is 0 Å². The molecule has 0 rings (SSSR count). The van der Waals surface area contributed by atoms with Gasteiger partial charge in [-0.15, -0.1) is 0 Å². The summed E-state index contributed by atoms with van der Waals surface area (Å²) in [5.74, 6) is 0.288. The number of ether oxygens (including phenoxy) is 1. The van der Waals surface area contributed by atoms with Gasteiger partial charge in [0.05, 0.1) is 0 Å². The predicted molar refractivity (Wildman–Crippen MR) is 53.4 cm³/mol. The minimum absolute atomic E-state index is 0.0945. The van der Waals surface area contributed by atoms with Gasteiger partial charge in [-0.25, -0.2) is 0 Å². The van der Waals surface area contributed by atoms with E-state index < -0.39 is 0 Å². The molecule has 0 aliphatic rings. The van der Waals surface area contributed by atoms with Crippen molar-refractivity contribution in [1.82, 2.24) is 0 Å². The van der Waals surface area contributed by atoms with Crippen molar-refractivity contribution < 1.29 is 9.53 Å². The summed E-state index contributed by atoms with van der Waals surface area (Å²) < 4.78 is 5.02. The molecule has 0 saturated carbocycles. The largest absolute Gasteiger partial charge is 0.464 e. The molecule has 0 aromatic heterocycles. The highest BCUT2D eigenvalue weighted by molar-refractivity contribution is 9.09. The lowest BCUT2D eigenvalue weighted by molar-refractivity contribution is -0.144. The average Bonchev–Trinajstić information content (AvgIpc) is 1.99. The number of carbonyl (C=O) groups excluding carboxylic acids is 1. The van der Waals surface area contributed by atoms with Crippen LogP contribution in [-0.2, 0) is 9.53 Å². The van der Waals surface area contributed by atoms with E-state index in [2.05, 4.69) is 22.9 Å². The molecule has 0 N–H and O–H groups in total. The molecule has 0 radical (unpaired) electrons. The van der Waals surface area contributed by atoms with Gasteiger partial charge in [0, 0.05) is 11.2 Å². The molecule has 0 saturated heterocycles. The van der Waals surface area contributed by atoms with Crippen molar-refractivity contribution in [3.63, 3.8) is 0 Å². The fraction of sp³-hybridized carbons (Fsp3) is 0.889. The summed E-state index contributed by atoms with van der Waals surface area (Å²) in [7, 11) is 0. The van der Waals surface area contributed by atoms with Crippen molar-refractivity contribution in [3.8, 4) is 0 Å². The Morgan fingerprint density at radius 2 is 2.08 bits per heavy atom. The molecule has 3 heteroatoms. The van der Waals surface area contributed by atoms with Crippen LogP contribution in [0.15, 0.2) is 0 Å². The summed E-state index contributed by atoms with van der Waals surface area (Å²) in [5.41, 5.74) is 0. The molecule has 0 aromatic carbocycles. The van der Waals surface area contributed by atoms with Crippen molar-refractivity contribution >= 4 is 21.9 Å². The Hall–Kier alpha value is -0.0500. The zero-order valence-electron chi connectivity index (χ0n) is 7.97. The standard InChI is InChI=1S/C9H17BrO2/c1-4-8(10)6-12-9(11)5-7(2)3/h7-8H,4-6H2,1-3H3. The van der Waals surface area contributed by atoms with Gasteiger partial charge in [0.1, 0.15) is 6.61 Å². The lowest BCUT2D eigenvalue weighted by Gasteiger charge is -2.09. The number of esters is 1. The minimum Gasteiger partial charge on any atom is -0.464 e. The van der Waals surface area contributed by atoms with Crippen molar-refractivity contribution in [2.75, 3.05) is 6.61 Å². The molecule has 1 atom stereocenters. The fourth-order valence-corrected chi connectivity index (χ4v) is 0.826. The van der Waals surface area contributed by atoms with Crippen LogP contribution in [0.1, 0.15) is 33.6 Å². The number of hydrogen-bond donors (Lipinski definition) is 0.